The zero-order valence-electron chi connectivity index (χ0n) is 22.0. The highest BCUT2D eigenvalue weighted by atomic mass is 19.4. The van der Waals surface area contributed by atoms with Crippen LogP contribution in [0.25, 0.3) is 11.1 Å². The standard InChI is InChI=1S/C28H24F4N6O3/c1-15-8-18(11-23(41-15)27(2,3)28(30,31)32)24(33)22(39)10-17-5-4-16(9-20(17)29)19-12-34-26(35-13-19)37-21-14-36-38-6-7-40-25(21)38/h4-5,8-9,11-14,33H,1,6-7,10H2,2-3H3,(H,34,35,37). The highest BCUT2D eigenvalue weighted by Gasteiger charge is 2.52. The summed E-state index contributed by atoms with van der Waals surface area (Å²) < 4.78 is 67.9. The summed E-state index contributed by atoms with van der Waals surface area (Å²) >= 11 is 0. The van der Waals surface area contributed by atoms with Crippen molar-refractivity contribution in [3.63, 3.8) is 0 Å². The third-order valence-electron chi connectivity index (χ3n) is 6.70. The summed E-state index contributed by atoms with van der Waals surface area (Å²) in [4.78, 5) is 21.3. The third-order valence-corrected chi connectivity index (χ3v) is 6.70. The smallest absolute Gasteiger partial charge is 0.400 e. The van der Waals surface area contributed by atoms with Gasteiger partial charge in [0.1, 0.15) is 40.8 Å². The van der Waals surface area contributed by atoms with Gasteiger partial charge in [0.05, 0.1) is 12.7 Å². The monoisotopic (exact) mass is 568 g/mol. The zero-order chi connectivity index (χ0) is 29.5. The van der Waals surface area contributed by atoms with Crippen molar-refractivity contribution in [2.24, 2.45) is 5.41 Å². The predicted octanol–water partition coefficient (Wildman–Crippen LogP) is 5.69. The number of halogens is 4. The molecule has 0 saturated carbocycles. The van der Waals surface area contributed by atoms with Crippen LogP contribution in [-0.2, 0) is 22.5 Å². The van der Waals surface area contributed by atoms with Gasteiger partial charge in [-0.1, -0.05) is 18.7 Å². The van der Waals surface area contributed by atoms with E-state index in [-0.39, 0.29) is 16.9 Å². The second-order valence-corrected chi connectivity index (χ2v) is 9.94. The number of fused-ring (bicyclic) bond motifs is 1. The summed E-state index contributed by atoms with van der Waals surface area (Å²) in [6.07, 6.45) is 1.69. The highest BCUT2D eigenvalue weighted by Crippen LogP contribution is 2.46. The number of ether oxygens (including phenoxy) is 2. The van der Waals surface area contributed by atoms with Gasteiger partial charge in [-0.2, -0.15) is 18.3 Å². The van der Waals surface area contributed by atoms with E-state index in [1.807, 2.05) is 0 Å². The summed E-state index contributed by atoms with van der Waals surface area (Å²) in [6, 6.07) is 4.20. The normalized spacial score (nSPS) is 14.9. The Morgan fingerprint density at radius 2 is 1.88 bits per heavy atom. The Morgan fingerprint density at radius 1 is 1.15 bits per heavy atom. The van der Waals surface area contributed by atoms with Crippen LogP contribution in [-0.4, -0.2) is 44.0 Å². The lowest BCUT2D eigenvalue weighted by Crippen LogP contribution is -2.36. The van der Waals surface area contributed by atoms with Crippen molar-refractivity contribution in [3.8, 4) is 17.0 Å². The number of Topliss-reactive ketones (excluding diaryl/α,β-unsaturated/α-hetero) is 1. The Labute approximate surface area is 231 Å². The molecule has 0 saturated heterocycles. The molecular formula is C28H24F4N6O3. The van der Waals surface area contributed by atoms with Gasteiger partial charge >= 0.3 is 6.18 Å². The van der Waals surface area contributed by atoms with Gasteiger partial charge in [-0.3, -0.25) is 10.2 Å². The molecule has 13 heteroatoms. The van der Waals surface area contributed by atoms with Crippen molar-refractivity contribution in [1.82, 2.24) is 19.7 Å². The number of anilines is 2. The molecule has 0 spiro atoms. The summed E-state index contributed by atoms with van der Waals surface area (Å²) in [5.74, 6) is -1.23. The van der Waals surface area contributed by atoms with E-state index >= 15 is 0 Å². The van der Waals surface area contributed by atoms with E-state index in [4.69, 9.17) is 14.9 Å². The molecule has 3 aromatic rings. The molecule has 41 heavy (non-hydrogen) atoms. The number of hydrogen-bond donors (Lipinski definition) is 2. The quantitative estimate of drug-likeness (QED) is 0.265. The van der Waals surface area contributed by atoms with Gasteiger partial charge in [0.2, 0.25) is 11.8 Å². The molecule has 2 aliphatic rings. The van der Waals surface area contributed by atoms with Crippen LogP contribution in [0.4, 0.5) is 29.2 Å². The van der Waals surface area contributed by atoms with Crippen molar-refractivity contribution < 1.29 is 31.8 Å². The molecule has 0 radical (unpaired) electrons. The molecule has 2 aliphatic heterocycles. The molecular weight excluding hydrogens is 544 g/mol. The van der Waals surface area contributed by atoms with E-state index in [9.17, 15) is 22.4 Å². The van der Waals surface area contributed by atoms with Crippen LogP contribution in [0.3, 0.4) is 0 Å². The van der Waals surface area contributed by atoms with E-state index in [0.717, 1.165) is 19.9 Å². The fraction of sp³-hybridized carbons (Fsp3) is 0.250. The number of benzene rings is 1. The Bertz CT molecular complexity index is 1620. The molecule has 2 aromatic heterocycles. The number of rotatable bonds is 8. The van der Waals surface area contributed by atoms with Crippen LogP contribution in [0, 0.1) is 16.6 Å². The molecule has 2 N–H and O–H groups in total. The van der Waals surface area contributed by atoms with Crippen molar-refractivity contribution in [2.75, 3.05) is 11.9 Å². The topological polar surface area (TPSA) is 115 Å². The van der Waals surface area contributed by atoms with Gasteiger partial charge in [-0.15, -0.1) is 0 Å². The van der Waals surface area contributed by atoms with Gasteiger partial charge in [0.15, 0.2) is 5.78 Å². The molecule has 212 valence electrons. The molecule has 4 heterocycles. The first-order chi connectivity index (χ1) is 19.3. The number of carbonyl (C=O) groups is 1. The number of hydrogen-bond acceptors (Lipinski definition) is 8. The number of carbonyl (C=O) groups excluding carboxylic acids is 1. The van der Waals surface area contributed by atoms with Gasteiger partial charge in [0, 0.05) is 30.0 Å². The second kappa shape index (κ2) is 10.3. The minimum atomic E-state index is -4.64. The number of nitrogens with one attached hydrogen (secondary N) is 2. The second-order valence-electron chi connectivity index (χ2n) is 9.94. The van der Waals surface area contributed by atoms with Crippen LogP contribution < -0.4 is 10.1 Å². The highest BCUT2D eigenvalue weighted by molar-refractivity contribution is 6.46. The first-order valence-electron chi connectivity index (χ1n) is 12.4. The van der Waals surface area contributed by atoms with Gasteiger partial charge in [-0.25, -0.2) is 19.0 Å². The number of ketones is 1. The Balaban J connectivity index is 1.27. The molecule has 0 aliphatic carbocycles. The van der Waals surface area contributed by atoms with Crippen molar-refractivity contribution in [2.45, 2.75) is 33.0 Å². The van der Waals surface area contributed by atoms with Crippen molar-refractivity contribution >= 4 is 23.1 Å². The minimum absolute atomic E-state index is 0.0177. The maximum Gasteiger partial charge on any atom is 0.400 e. The summed E-state index contributed by atoms with van der Waals surface area (Å²) in [5, 5.41) is 15.5. The van der Waals surface area contributed by atoms with E-state index in [1.54, 1.807) is 16.9 Å². The zero-order valence-corrected chi connectivity index (χ0v) is 22.0. The van der Waals surface area contributed by atoms with E-state index in [0.29, 0.717) is 41.8 Å². The number of allylic oxidation sites excluding steroid dienone is 4. The van der Waals surface area contributed by atoms with E-state index < -0.39 is 41.1 Å². The Kier molecular flexibility index (Phi) is 6.97. The maximum absolute atomic E-state index is 15.0. The van der Waals surface area contributed by atoms with E-state index in [1.165, 1.54) is 30.6 Å². The molecule has 9 nitrogen and oxygen atoms in total. The molecule has 0 amide bonds. The van der Waals surface area contributed by atoms with Gasteiger partial charge in [-0.05, 0) is 43.2 Å². The van der Waals surface area contributed by atoms with Gasteiger partial charge < -0.3 is 14.8 Å². The van der Waals surface area contributed by atoms with Crippen LogP contribution in [0.15, 0.2) is 72.6 Å². The molecule has 1 aromatic carbocycles. The van der Waals surface area contributed by atoms with Crippen LogP contribution in [0.1, 0.15) is 19.4 Å². The van der Waals surface area contributed by atoms with Crippen LogP contribution in [0.5, 0.6) is 5.88 Å². The number of nitrogens with zero attached hydrogens (tertiary/aromatic N) is 4. The van der Waals surface area contributed by atoms with Crippen molar-refractivity contribution in [3.05, 3.63) is 84.0 Å². The van der Waals surface area contributed by atoms with E-state index in [2.05, 4.69) is 27.0 Å². The fourth-order valence-corrected chi connectivity index (χ4v) is 4.10. The van der Waals surface area contributed by atoms with Crippen molar-refractivity contribution in [1.29, 1.82) is 5.41 Å². The SMILES string of the molecule is C=C1C=C(C(=N)C(=O)Cc2ccc(-c3cnc(Nc4cnn5c4OCC5)nc3)cc2F)C=C(C(C)(C)C(F)(F)F)O1. The predicted molar refractivity (Wildman–Crippen MR) is 141 cm³/mol. The average molecular weight is 569 g/mol. The lowest BCUT2D eigenvalue weighted by molar-refractivity contribution is -0.207. The molecule has 0 atom stereocenters. The lowest BCUT2D eigenvalue weighted by atomic mass is 9.86. The maximum atomic E-state index is 15.0. The number of alkyl halides is 3. The average Bonchev–Trinajstić information content (AvgIpc) is 3.54. The Morgan fingerprint density at radius 3 is 2.56 bits per heavy atom. The first-order valence-corrected chi connectivity index (χ1v) is 12.4. The van der Waals surface area contributed by atoms with Crippen LogP contribution in [0.2, 0.25) is 0 Å². The van der Waals surface area contributed by atoms with Crippen LogP contribution >= 0.6 is 0 Å². The first kappa shape index (κ1) is 27.7. The lowest BCUT2D eigenvalue weighted by Gasteiger charge is -2.32. The Hall–Kier alpha value is -4.81. The summed E-state index contributed by atoms with van der Waals surface area (Å²) in [7, 11) is 0. The minimum Gasteiger partial charge on any atom is -0.474 e. The summed E-state index contributed by atoms with van der Waals surface area (Å²) in [6.45, 7) is 6.57. The third kappa shape index (κ3) is 5.47. The number of aromatic nitrogens is 4. The fourth-order valence-electron chi connectivity index (χ4n) is 4.10. The summed E-state index contributed by atoms with van der Waals surface area (Å²) in [5.41, 5.74) is -1.45. The molecule has 5 rings (SSSR count). The molecule has 0 bridgehead atoms. The molecule has 0 fully saturated rings. The van der Waals surface area contributed by atoms with Gasteiger partial charge in [0.25, 0.3) is 0 Å². The molecule has 0 unspecified atom stereocenters. The largest absolute Gasteiger partial charge is 0.474 e.